The number of hydrogen-bond donors (Lipinski definition) is 2. The molecule has 0 unspecified atom stereocenters. The predicted octanol–water partition coefficient (Wildman–Crippen LogP) is 4.14. The lowest BCUT2D eigenvalue weighted by Crippen LogP contribution is -2.50. The number of hydrogen-bond acceptors (Lipinski definition) is 5. The van der Waals surface area contributed by atoms with Crippen molar-refractivity contribution >= 4 is 17.6 Å². The molecule has 0 saturated heterocycles. The van der Waals surface area contributed by atoms with Crippen LogP contribution in [0.3, 0.4) is 0 Å². The number of carbonyl (C=O) groups excluding carboxylic acids is 2. The predicted molar refractivity (Wildman–Crippen MR) is 140 cm³/mol. The number of halogens is 2. The number of nitrogens with one attached hydrogen (secondary N) is 1. The standard InChI is InChI=1S/C28H34F2N4O4/c1-17(2)7-6-8-20-11-22-26(31-13-20)38-25(18(3)14-34(27(22)36)19(4)16-35)15-33(5)28(37)32-24-12-21(29)9-10-23(24)30/h9-13,17-19,25,35H,7,14-16H2,1-5H3,(H,32,37)/t18-,19+,25+/m1/s1. The van der Waals surface area contributed by atoms with Gasteiger partial charge in [0.1, 0.15) is 23.3 Å². The molecule has 0 radical (unpaired) electrons. The Labute approximate surface area is 222 Å². The maximum absolute atomic E-state index is 14.0. The Bertz CT molecular complexity index is 1230. The van der Waals surface area contributed by atoms with Crippen molar-refractivity contribution in [1.82, 2.24) is 14.8 Å². The molecule has 1 aromatic carbocycles. The van der Waals surface area contributed by atoms with Gasteiger partial charge >= 0.3 is 6.03 Å². The summed E-state index contributed by atoms with van der Waals surface area (Å²) < 4.78 is 33.7. The fourth-order valence-electron chi connectivity index (χ4n) is 3.90. The van der Waals surface area contributed by atoms with E-state index < -0.39 is 29.8 Å². The van der Waals surface area contributed by atoms with Crippen molar-refractivity contribution in [3.05, 3.63) is 53.2 Å². The van der Waals surface area contributed by atoms with Crippen LogP contribution < -0.4 is 10.1 Å². The number of carbonyl (C=O) groups is 2. The molecule has 0 bridgehead atoms. The van der Waals surface area contributed by atoms with Crippen LogP contribution in [0, 0.1) is 35.3 Å². The van der Waals surface area contributed by atoms with Crippen molar-refractivity contribution in [1.29, 1.82) is 0 Å². The van der Waals surface area contributed by atoms with E-state index in [1.807, 2.05) is 6.92 Å². The molecule has 1 aliphatic rings. The van der Waals surface area contributed by atoms with Crippen LogP contribution in [0.2, 0.25) is 0 Å². The van der Waals surface area contributed by atoms with E-state index in [1.54, 1.807) is 17.9 Å². The van der Waals surface area contributed by atoms with Crippen molar-refractivity contribution in [2.24, 2.45) is 11.8 Å². The molecule has 0 saturated carbocycles. The zero-order chi connectivity index (χ0) is 28.0. The van der Waals surface area contributed by atoms with E-state index in [1.165, 1.54) is 18.1 Å². The van der Waals surface area contributed by atoms with Gasteiger partial charge in [0.25, 0.3) is 5.91 Å². The van der Waals surface area contributed by atoms with Gasteiger partial charge in [0.05, 0.1) is 24.9 Å². The third-order valence-electron chi connectivity index (χ3n) is 6.23. The molecule has 0 aliphatic carbocycles. The number of rotatable bonds is 6. The number of nitrogens with zero attached hydrogens (tertiary/aromatic N) is 3. The minimum Gasteiger partial charge on any atom is -0.472 e. The number of aliphatic hydroxyl groups excluding tert-OH is 1. The van der Waals surface area contributed by atoms with Crippen LogP contribution in [0.25, 0.3) is 0 Å². The van der Waals surface area contributed by atoms with Gasteiger partial charge in [-0.2, -0.15) is 0 Å². The lowest BCUT2D eigenvalue weighted by Gasteiger charge is -2.37. The summed E-state index contributed by atoms with van der Waals surface area (Å²) >= 11 is 0. The van der Waals surface area contributed by atoms with E-state index >= 15 is 0 Å². The van der Waals surface area contributed by atoms with Crippen LogP contribution in [-0.2, 0) is 0 Å². The third-order valence-corrected chi connectivity index (χ3v) is 6.23. The van der Waals surface area contributed by atoms with Gasteiger partial charge in [0.15, 0.2) is 0 Å². The highest BCUT2D eigenvalue weighted by atomic mass is 19.1. The molecular weight excluding hydrogens is 494 g/mol. The normalized spacial score (nSPS) is 17.9. The molecule has 38 heavy (non-hydrogen) atoms. The molecule has 3 amide bonds. The zero-order valence-electron chi connectivity index (χ0n) is 22.3. The van der Waals surface area contributed by atoms with Gasteiger partial charge in [-0.15, -0.1) is 0 Å². The summed E-state index contributed by atoms with van der Waals surface area (Å²) in [4.78, 5) is 33.5. The van der Waals surface area contributed by atoms with E-state index in [9.17, 15) is 23.5 Å². The minimum absolute atomic E-state index is 0.0660. The number of likely N-dealkylation sites (N-methyl/N-ethyl adjacent to an activating group) is 1. The summed E-state index contributed by atoms with van der Waals surface area (Å²) in [5.41, 5.74) is 0.504. The number of aliphatic hydroxyl groups is 1. The molecule has 204 valence electrons. The monoisotopic (exact) mass is 528 g/mol. The molecule has 3 rings (SSSR count). The Morgan fingerprint density at radius 2 is 2.05 bits per heavy atom. The van der Waals surface area contributed by atoms with E-state index in [0.717, 1.165) is 18.2 Å². The van der Waals surface area contributed by atoms with Crippen LogP contribution in [0.15, 0.2) is 30.5 Å². The molecular formula is C28H34F2N4O4. The highest BCUT2D eigenvalue weighted by Gasteiger charge is 2.34. The minimum atomic E-state index is -0.763. The summed E-state index contributed by atoms with van der Waals surface area (Å²) in [6.07, 6.45) is 1.63. The van der Waals surface area contributed by atoms with Gasteiger partial charge in [0.2, 0.25) is 5.88 Å². The molecule has 3 atom stereocenters. The summed E-state index contributed by atoms with van der Waals surface area (Å²) in [6, 6.07) is 3.30. The lowest BCUT2D eigenvalue weighted by molar-refractivity contribution is 0.0356. The Balaban J connectivity index is 1.88. The summed E-state index contributed by atoms with van der Waals surface area (Å²) in [7, 11) is 1.50. The number of fused-ring (bicyclic) bond motifs is 1. The quantitative estimate of drug-likeness (QED) is 0.550. The molecule has 2 heterocycles. The Morgan fingerprint density at radius 1 is 1.32 bits per heavy atom. The van der Waals surface area contributed by atoms with E-state index in [2.05, 4.69) is 36.0 Å². The van der Waals surface area contributed by atoms with Gasteiger partial charge < -0.3 is 25.0 Å². The van der Waals surface area contributed by atoms with Crippen molar-refractivity contribution in [3.8, 4) is 17.7 Å². The summed E-state index contributed by atoms with van der Waals surface area (Å²) in [6.45, 7) is 7.82. The average molecular weight is 529 g/mol. The SMILES string of the molecule is CC(C)CC#Cc1cnc2c(c1)C(=O)N([C@@H](C)CO)C[C@@H](C)[C@H](CN(C)C(=O)Nc1cc(F)ccc1F)O2. The van der Waals surface area contributed by atoms with Gasteiger partial charge in [-0.1, -0.05) is 32.6 Å². The zero-order valence-corrected chi connectivity index (χ0v) is 22.3. The maximum Gasteiger partial charge on any atom is 0.321 e. The Hall–Kier alpha value is -3.71. The molecule has 1 aliphatic heterocycles. The van der Waals surface area contributed by atoms with Crippen molar-refractivity contribution < 1.29 is 28.2 Å². The van der Waals surface area contributed by atoms with Crippen LogP contribution in [0.4, 0.5) is 19.3 Å². The number of urea groups is 1. The Morgan fingerprint density at radius 3 is 2.74 bits per heavy atom. The summed E-state index contributed by atoms with van der Waals surface area (Å²) in [5, 5.41) is 12.2. The molecule has 10 heteroatoms. The number of ether oxygens (including phenoxy) is 1. The van der Waals surface area contributed by atoms with Crippen molar-refractivity contribution in [3.63, 3.8) is 0 Å². The molecule has 8 nitrogen and oxygen atoms in total. The van der Waals surface area contributed by atoms with E-state index in [0.29, 0.717) is 17.9 Å². The fraction of sp³-hybridized carbons (Fsp3) is 0.464. The van der Waals surface area contributed by atoms with Crippen LogP contribution in [0.5, 0.6) is 5.88 Å². The second-order valence-electron chi connectivity index (χ2n) is 10.0. The van der Waals surface area contributed by atoms with Gasteiger partial charge in [-0.25, -0.2) is 18.6 Å². The number of amides is 3. The second-order valence-corrected chi connectivity index (χ2v) is 10.0. The number of aromatic nitrogens is 1. The van der Waals surface area contributed by atoms with Gasteiger partial charge in [-0.05, 0) is 31.0 Å². The first-order valence-corrected chi connectivity index (χ1v) is 12.5. The third kappa shape index (κ3) is 7.19. The number of benzene rings is 1. The molecule has 2 aromatic rings. The second kappa shape index (κ2) is 12.7. The van der Waals surface area contributed by atoms with Crippen LogP contribution in [0.1, 0.15) is 50.0 Å². The Kier molecular flexibility index (Phi) is 9.64. The van der Waals surface area contributed by atoms with Crippen molar-refractivity contribution in [2.45, 2.75) is 46.3 Å². The van der Waals surface area contributed by atoms with E-state index in [4.69, 9.17) is 4.74 Å². The first kappa shape index (κ1) is 28.9. The first-order chi connectivity index (χ1) is 18.0. The highest BCUT2D eigenvalue weighted by molar-refractivity contribution is 5.97. The van der Waals surface area contributed by atoms with Crippen LogP contribution in [-0.4, -0.2) is 70.7 Å². The molecule has 0 fully saturated rings. The number of anilines is 1. The van der Waals surface area contributed by atoms with Crippen molar-refractivity contribution in [2.75, 3.05) is 32.1 Å². The molecule has 1 aromatic heterocycles. The smallest absolute Gasteiger partial charge is 0.321 e. The highest BCUT2D eigenvalue weighted by Crippen LogP contribution is 2.27. The van der Waals surface area contributed by atoms with Gasteiger partial charge in [0, 0.05) is 43.8 Å². The van der Waals surface area contributed by atoms with Gasteiger partial charge in [-0.3, -0.25) is 4.79 Å². The van der Waals surface area contributed by atoms with E-state index in [-0.39, 0.29) is 48.7 Å². The topological polar surface area (TPSA) is 95.0 Å². The summed E-state index contributed by atoms with van der Waals surface area (Å²) in [5.74, 6) is 4.57. The lowest BCUT2D eigenvalue weighted by atomic mass is 10.00. The fourth-order valence-corrected chi connectivity index (χ4v) is 3.90. The van der Waals surface area contributed by atoms with Crippen LogP contribution >= 0.6 is 0 Å². The molecule has 0 spiro atoms. The number of pyridine rings is 1. The first-order valence-electron chi connectivity index (χ1n) is 12.5. The average Bonchev–Trinajstić information content (AvgIpc) is 2.87. The molecule has 2 N–H and O–H groups in total. The maximum atomic E-state index is 14.0. The largest absolute Gasteiger partial charge is 0.472 e.